The number of piperidine rings is 1. The highest BCUT2D eigenvalue weighted by Gasteiger charge is 2.17. The summed E-state index contributed by atoms with van der Waals surface area (Å²) in [6, 6.07) is 16.1. The van der Waals surface area contributed by atoms with Crippen molar-refractivity contribution < 1.29 is 9.53 Å². The zero-order chi connectivity index (χ0) is 22.8. The maximum atomic E-state index is 12.6. The highest BCUT2D eigenvalue weighted by Crippen LogP contribution is 2.21. The molecule has 2 N–H and O–H groups in total. The largest absolute Gasteiger partial charge is 0.497 e. The van der Waals surface area contributed by atoms with E-state index in [0.29, 0.717) is 12.5 Å². The fourth-order valence-corrected chi connectivity index (χ4v) is 3.96. The van der Waals surface area contributed by atoms with Crippen molar-refractivity contribution in [2.24, 2.45) is 4.99 Å². The van der Waals surface area contributed by atoms with Gasteiger partial charge in [-0.25, -0.2) is 0 Å². The fourth-order valence-electron chi connectivity index (χ4n) is 3.96. The first-order valence-electron chi connectivity index (χ1n) is 11.6. The van der Waals surface area contributed by atoms with E-state index >= 15 is 0 Å². The Hall–Kier alpha value is -2.29. The molecule has 1 fully saturated rings. The molecule has 1 aliphatic heterocycles. The summed E-state index contributed by atoms with van der Waals surface area (Å²) in [5.41, 5.74) is 3.19. The van der Waals surface area contributed by atoms with E-state index in [-0.39, 0.29) is 29.9 Å². The first-order chi connectivity index (χ1) is 15.6. The number of carbonyl (C=O) groups is 1. The van der Waals surface area contributed by atoms with Gasteiger partial charge in [-0.1, -0.05) is 31.2 Å². The molecule has 1 atom stereocenters. The van der Waals surface area contributed by atoms with Gasteiger partial charge in [0.2, 0.25) is 0 Å². The van der Waals surface area contributed by atoms with Crippen LogP contribution >= 0.6 is 24.0 Å². The van der Waals surface area contributed by atoms with E-state index in [2.05, 4.69) is 34.7 Å². The van der Waals surface area contributed by atoms with Crippen LogP contribution in [-0.2, 0) is 6.54 Å². The smallest absolute Gasteiger partial charge is 0.253 e. The Labute approximate surface area is 215 Å². The Bertz CT molecular complexity index is 878. The molecule has 0 radical (unpaired) electrons. The van der Waals surface area contributed by atoms with Crippen molar-refractivity contribution in [3.63, 3.8) is 0 Å². The molecule has 1 heterocycles. The molecule has 2 aromatic carbocycles. The standard InChI is InChI=1S/C26H36N4O2.HI/c1-20(22-11-13-24(32-3)14-12-22)15-16-28-26(27-2)29-19-21-7-9-23(10-8-21)25(31)30-17-5-4-6-18-30;/h7-14,20H,4-6,15-19H2,1-3H3,(H2,27,28,29);1H. The molecule has 33 heavy (non-hydrogen) atoms. The molecule has 6 nitrogen and oxygen atoms in total. The highest BCUT2D eigenvalue weighted by atomic mass is 127. The maximum Gasteiger partial charge on any atom is 0.253 e. The van der Waals surface area contributed by atoms with E-state index in [1.807, 2.05) is 41.3 Å². The summed E-state index contributed by atoms with van der Waals surface area (Å²) in [5, 5.41) is 6.74. The summed E-state index contributed by atoms with van der Waals surface area (Å²) in [6.07, 6.45) is 4.45. The molecule has 180 valence electrons. The van der Waals surface area contributed by atoms with Gasteiger partial charge in [0.1, 0.15) is 5.75 Å². The third kappa shape index (κ3) is 8.21. The minimum atomic E-state index is 0. The molecule has 2 aromatic rings. The monoisotopic (exact) mass is 564 g/mol. The lowest BCUT2D eigenvalue weighted by atomic mass is 9.98. The van der Waals surface area contributed by atoms with E-state index in [1.54, 1.807) is 14.2 Å². The summed E-state index contributed by atoms with van der Waals surface area (Å²) in [6.45, 7) is 5.47. The summed E-state index contributed by atoms with van der Waals surface area (Å²) in [4.78, 5) is 18.9. The van der Waals surface area contributed by atoms with Gasteiger partial charge < -0.3 is 20.3 Å². The van der Waals surface area contributed by atoms with Crippen LogP contribution < -0.4 is 15.4 Å². The number of hydrogen-bond acceptors (Lipinski definition) is 3. The second-order valence-corrected chi connectivity index (χ2v) is 8.37. The SMILES string of the molecule is CN=C(NCCC(C)c1ccc(OC)cc1)NCc1ccc(C(=O)N2CCCCC2)cc1.I. The number of benzene rings is 2. The molecule has 0 bridgehead atoms. The molecule has 1 unspecified atom stereocenters. The first-order valence-corrected chi connectivity index (χ1v) is 11.6. The van der Waals surface area contributed by atoms with E-state index < -0.39 is 0 Å². The van der Waals surface area contributed by atoms with Crippen LogP contribution in [0.25, 0.3) is 0 Å². The van der Waals surface area contributed by atoms with Crippen LogP contribution in [0, 0.1) is 0 Å². The number of rotatable bonds is 8. The predicted octanol–water partition coefficient (Wildman–Crippen LogP) is 4.80. The Morgan fingerprint density at radius 2 is 1.70 bits per heavy atom. The van der Waals surface area contributed by atoms with Crippen molar-refractivity contribution in [2.75, 3.05) is 33.8 Å². The molecular weight excluding hydrogens is 527 g/mol. The van der Waals surface area contributed by atoms with Crippen molar-refractivity contribution in [3.05, 3.63) is 65.2 Å². The van der Waals surface area contributed by atoms with Crippen LogP contribution in [0.5, 0.6) is 5.75 Å². The van der Waals surface area contributed by atoms with Crippen LogP contribution in [0.15, 0.2) is 53.5 Å². The second kappa shape index (κ2) is 14.1. The van der Waals surface area contributed by atoms with Crippen LogP contribution in [0.3, 0.4) is 0 Å². The fraction of sp³-hybridized carbons (Fsp3) is 0.462. The van der Waals surface area contributed by atoms with Gasteiger partial charge in [-0.3, -0.25) is 9.79 Å². The average Bonchev–Trinajstić information content (AvgIpc) is 2.86. The van der Waals surface area contributed by atoms with Crippen molar-refractivity contribution in [2.45, 2.75) is 45.1 Å². The molecular formula is C26H37IN4O2. The number of amides is 1. The summed E-state index contributed by atoms with van der Waals surface area (Å²) in [7, 11) is 3.47. The molecule has 7 heteroatoms. The lowest BCUT2D eigenvalue weighted by Crippen LogP contribution is -2.37. The maximum absolute atomic E-state index is 12.6. The molecule has 0 saturated carbocycles. The number of carbonyl (C=O) groups excluding carboxylic acids is 1. The Morgan fingerprint density at radius 1 is 1.03 bits per heavy atom. The molecule has 0 aromatic heterocycles. The van der Waals surface area contributed by atoms with Crippen molar-refractivity contribution in [1.82, 2.24) is 15.5 Å². The van der Waals surface area contributed by atoms with Gasteiger partial charge in [0.25, 0.3) is 5.91 Å². The molecule has 0 aliphatic carbocycles. The molecule has 1 saturated heterocycles. The Morgan fingerprint density at radius 3 is 2.30 bits per heavy atom. The Balaban J connectivity index is 0.00000385. The van der Waals surface area contributed by atoms with Gasteiger partial charge in [-0.15, -0.1) is 24.0 Å². The number of nitrogens with one attached hydrogen (secondary N) is 2. The summed E-state index contributed by atoms with van der Waals surface area (Å²) < 4.78 is 5.23. The zero-order valence-electron chi connectivity index (χ0n) is 20.0. The second-order valence-electron chi connectivity index (χ2n) is 8.37. The number of methoxy groups -OCH3 is 1. The third-order valence-electron chi connectivity index (χ3n) is 6.08. The zero-order valence-corrected chi connectivity index (χ0v) is 22.3. The summed E-state index contributed by atoms with van der Waals surface area (Å²) in [5.74, 6) is 2.25. The van der Waals surface area contributed by atoms with E-state index in [1.165, 1.54) is 12.0 Å². The minimum absolute atomic E-state index is 0. The van der Waals surface area contributed by atoms with Crippen LogP contribution in [0.2, 0.25) is 0 Å². The van der Waals surface area contributed by atoms with Crippen molar-refractivity contribution in [1.29, 1.82) is 0 Å². The number of nitrogens with zero attached hydrogens (tertiary/aromatic N) is 2. The number of ether oxygens (including phenoxy) is 1. The normalized spacial score (nSPS) is 14.8. The van der Waals surface area contributed by atoms with Crippen LogP contribution in [-0.4, -0.2) is 50.6 Å². The predicted molar refractivity (Wildman–Crippen MR) is 146 cm³/mol. The van der Waals surface area contributed by atoms with Crippen LogP contribution in [0.1, 0.15) is 60.0 Å². The lowest BCUT2D eigenvalue weighted by Gasteiger charge is -2.26. The van der Waals surface area contributed by atoms with Gasteiger partial charge in [-0.2, -0.15) is 0 Å². The quantitative estimate of drug-likeness (QED) is 0.275. The molecule has 3 rings (SSSR count). The van der Waals surface area contributed by atoms with Crippen LogP contribution in [0.4, 0.5) is 0 Å². The van der Waals surface area contributed by atoms with Gasteiger partial charge in [0.15, 0.2) is 5.96 Å². The third-order valence-corrected chi connectivity index (χ3v) is 6.08. The number of likely N-dealkylation sites (tertiary alicyclic amines) is 1. The lowest BCUT2D eigenvalue weighted by molar-refractivity contribution is 0.0724. The van der Waals surface area contributed by atoms with E-state index in [4.69, 9.17) is 4.74 Å². The molecule has 1 amide bonds. The van der Waals surface area contributed by atoms with Crippen molar-refractivity contribution in [3.8, 4) is 5.75 Å². The highest BCUT2D eigenvalue weighted by molar-refractivity contribution is 14.0. The number of guanidine groups is 1. The van der Waals surface area contributed by atoms with Gasteiger partial charge in [0.05, 0.1) is 7.11 Å². The number of aliphatic imine (C=N–C) groups is 1. The van der Waals surface area contributed by atoms with Gasteiger partial charge in [0, 0.05) is 38.8 Å². The summed E-state index contributed by atoms with van der Waals surface area (Å²) >= 11 is 0. The molecule has 0 spiro atoms. The van der Waals surface area contributed by atoms with Crippen molar-refractivity contribution >= 4 is 35.8 Å². The minimum Gasteiger partial charge on any atom is -0.497 e. The van der Waals surface area contributed by atoms with Gasteiger partial charge >= 0.3 is 0 Å². The first kappa shape index (κ1) is 27.0. The van der Waals surface area contributed by atoms with E-state index in [9.17, 15) is 4.79 Å². The Kier molecular flexibility index (Phi) is 11.5. The van der Waals surface area contributed by atoms with Gasteiger partial charge in [-0.05, 0) is 67.0 Å². The van der Waals surface area contributed by atoms with E-state index in [0.717, 1.165) is 61.7 Å². The number of halogens is 1. The topological polar surface area (TPSA) is 66.0 Å². The molecule has 1 aliphatic rings. The average molecular weight is 565 g/mol. The number of hydrogen-bond donors (Lipinski definition) is 2.